The van der Waals surface area contributed by atoms with Crippen LogP contribution in [0, 0.1) is 19.7 Å². The first-order chi connectivity index (χ1) is 17.2. The molecule has 0 unspecified atom stereocenters. The first-order valence-corrected chi connectivity index (χ1v) is 12.6. The summed E-state index contributed by atoms with van der Waals surface area (Å²) in [7, 11) is 0. The monoisotopic (exact) mass is 506 g/mol. The number of hydrogen-bond donors (Lipinski definition) is 1. The second-order valence-corrected chi connectivity index (χ2v) is 10.3. The molecule has 0 radical (unpaired) electrons. The highest BCUT2D eigenvalue weighted by Gasteiger charge is 2.34. The van der Waals surface area contributed by atoms with Gasteiger partial charge in [0.25, 0.3) is 11.8 Å². The maximum Gasteiger partial charge on any atom is 0.290 e. The molecule has 1 heterocycles. The second kappa shape index (κ2) is 9.62. The van der Waals surface area contributed by atoms with Crippen molar-refractivity contribution in [3.8, 4) is 0 Å². The van der Waals surface area contributed by atoms with E-state index in [0.29, 0.717) is 31.8 Å². The lowest BCUT2D eigenvalue weighted by Crippen LogP contribution is -2.35. The fourth-order valence-electron chi connectivity index (χ4n) is 4.47. The van der Waals surface area contributed by atoms with Crippen LogP contribution in [0.2, 0.25) is 0 Å². The van der Waals surface area contributed by atoms with Crippen LogP contribution in [0.25, 0.3) is 10.9 Å². The van der Waals surface area contributed by atoms with Gasteiger partial charge >= 0.3 is 0 Å². The summed E-state index contributed by atoms with van der Waals surface area (Å²) in [5, 5.41) is 2.95. The van der Waals surface area contributed by atoms with E-state index >= 15 is 13.2 Å². The summed E-state index contributed by atoms with van der Waals surface area (Å²) >= 11 is 1.09. The van der Waals surface area contributed by atoms with Crippen LogP contribution in [0.1, 0.15) is 51.4 Å². The average Bonchev–Trinajstić information content (AvgIpc) is 3.69. The van der Waals surface area contributed by atoms with Crippen molar-refractivity contribution in [3.05, 3.63) is 100 Å². The molecular formula is C29H25F3N2OS. The van der Waals surface area contributed by atoms with Crippen molar-refractivity contribution in [3.63, 3.8) is 0 Å². The van der Waals surface area contributed by atoms with Crippen LogP contribution < -0.4 is 5.32 Å². The number of nitrogens with zero attached hydrogens (tertiary/aromatic N) is 1. The second-order valence-electron chi connectivity index (χ2n) is 9.26. The number of benzene rings is 3. The van der Waals surface area contributed by atoms with Crippen molar-refractivity contribution in [2.24, 2.45) is 0 Å². The Morgan fingerprint density at radius 1 is 1.06 bits per heavy atom. The zero-order valence-corrected chi connectivity index (χ0v) is 20.8. The summed E-state index contributed by atoms with van der Waals surface area (Å²) in [5.74, 6) is -3.98. The normalized spacial score (nSPS) is 13.7. The van der Waals surface area contributed by atoms with Crippen molar-refractivity contribution in [2.75, 3.05) is 6.54 Å². The summed E-state index contributed by atoms with van der Waals surface area (Å²) < 4.78 is 45.4. The third kappa shape index (κ3) is 4.85. The standard InChI is InChI=1S/C29H25F3N2OS/c1-17-10-13-22(18(2)14-17)29(31,32)16-34-28(35)26-21-6-3-4-8-23(21)33-15-25(26)36-24-9-5-7-20(27(24)30)19-11-12-19/h3-10,13-15,19H,11-12,16H2,1-2H3,(H,34,35). The molecule has 1 N–H and O–H groups in total. The Morgan fingerprint density at radius 3 is 2.58 bits per heavy atom. The van der Waals surface area contributed by atoms with Crippen molar-refractivity contribution < 1.29 is 18.0 Å². The number of carbonyl (C=O) groups excluding carboxylic acids is 1. The lowest BCUT2D eigenvalue weighted by atomic mass is 10.00. The highest BCUT2D eigenvalue weighted by molar-refractivity contribution is 7.99. The van der Waals surface area contributed by atoms with Crippen LogP contribution in [-0.2, 0) is 5.92 Å². The van der Waals surface area contributed by atoms with Gasteiger partial charge in [0.2, 0.25) is 0 Å². The third-order valence-electron chi connectivity index (χ3n) is 6.44. The maximum absolute atomic E-state index is 15.2. The zero-order valence-electron chi connectivity index (χ0n) is 19.9. The molecule has 3 nitrogen and oxygen atoms in total. The Hall–Kier alpha value is -3.32. The number of pyridine rings is 1. The first-order valence-electron chi connectivity index (χ1n) is 11.8. The molecule has 0 saturated heterocycles. The fourth-order valence-corrected chi connectivity index (χ4v) is 5.47. The van der Waals surface area contributed by atoms with Crippen LogP contribution in [0.4, 0.5) is 13.2 Å². The van der Waals surface area contributed by atoms with Gasteiger partial charge in [0.1, 0.15) is 5.82 Å². The third-order valence-corrected chi connectivity index (χ3v) is 7.51. The lowest BCUT2D eigenvalue weighted by molar-refractivity contribution is -0.00308. The Labute approximate surface area is 212 Å². The van der Waals surface area contributed by atoms with Crippen LogP contribution in [0.5, 0.6) is 0 Å². The van der Waals surface area contributed by atoms with E-state index in [-0.39, 0.29) is 22.9 Å². The molecular weight excluding hydrogens is 481 g/mol. The highest BCUT2D eigenvalue weighted by atomic mass is 32.2. The minimum absolute atomic E-state index is 0.124. The summed E-state index contributed by atoms with van der Waals surface area (Å²) in [6, 6.07) is 17.0. The summed E-state index contributed by atoms with van der Waals surface area (Å²) in [4.78, 5) is 18.6. The SMILES string of the molecule is Cc1ccc(C(F)(F)CNC(=O)c2c(Sc3cccc(C4CC4)c3F)cnc3ccccc23)c(C)c1. The highest BCUT2D eigenvalue weighted by Crippen LogP contribution is 2.44. The number of nitrogens with one attached hydrogen (secondary N) is 1. The van der Waals surface area contributed by atoms with Gasteiger partial charge in [-0.3, -0.25) is 9.78 Å². The molecule has 0 atom stereocenters. The predicted octanol–water partition coefficient (Wildman–Crippen LogP) is 7.54. The van der Waals surface area contributed by atoms with E-state index in [0.717, 1.165) is 30.2 Å². The predicted molar refractivity (Wildman–Crippen MR) is 136 cm³/mol. The lowest BCUT2D eigenvalue weighted by Gasteiger charge is -2.21. The van der Waals surface area contributed by atoms with E-state index in [9.17, 15) is 4.79 Å². The summed E-state index contributed by atoms with van der Waals surface area (Å²) in [6.45, 7) is 2.61. The Morgan fingerprint density at radius 2 is 1.83 bits per heavy atom. The first kappa shape index (κ1) is 24.4. The quantitative estimate of drug-likeness (QED) is 0.282. The van der Waals surface area contributed by atoms with Gasteiger partial charge in [-0.05, 0) is 55.9 Å². The van der Waals surface area contributed by atoms with Crippen LogP contribution in [0.3, 0.4) is 0 Å². The van der Waals surface area contributed by atoms with Crippen molar-refractivity contribution >= 4 is 28.6 Å². The van der Waals surface area contributed by atoms with E-state index < -0.39 is 18.4 Å². The summed E-state index contributed by atoms with van der Waals surface area (Å²) in [6.07, 6.45) is 3.43. The van der Waals surface area contributed by atoms with Crippen molar-refractivity contribution in [1.29, 1.82) is 0 Å². The fraction of sp³-hybridized carbons (Fsp3) is 0.241. The van der Waals surface area contributed by atoms with Gasteiger partial charge in [-0.25, -0.2) is 4.39 Å². The largest absolute Gasteiger partial charge is 0.346 e. The number of amides is 1. The molecule has 1 fully saturated rings. The van der Waals surface area contributed by atoms with Gasteiger partial charge in [-0.1, -0.05) is 65.9 Å². The molecule has 1 saturated carbocycles. The molecule has 3 aromatic carbocycles. The summed E-state index contributed by atoms with van der Waals surface area (Å²) in [5.41, 5.74) is 2.66. The van der Waals surface area contributed by atoms with E-state index in [1.807, 2.05) is 6.92 Å². The number of fused-ring (bicyclic) bond motifs is 1. The molecule has 1 amide bonds. The molecule has 4 aromatic rings. The minimum Gasteiger partial charge on any atom is -0.346 e. The van der Waals surface area contributed by atoms with Crippen LogP contribution in [0.15, 0.2) is 76.7 Å². The molecule has 1 aliphatic rings. The zero-order chi connectivity index (χ0) is 25.4. The maximum atomic E-state index is 15.2. The Bertz CT molecular complexity index is 1470. The average molecular weight is 507 g/mol. The number of rotatable bonds is 7. The molecule has 0 bridgehead atoms. The van der Waals surface area contributed by atoms with Gasteiger partial charge < -0.3 is 5.32 Å². The number of carbonyl (C=O) groups is 1. The number of aryl methyl sites for hydroxylation is 2. The molecule has 5 rings (SSSR count). The number of alkyl halides is 2. The Balaban J connectivity index is 1.47. The van der Waals surface area contributed by atoms with Gasteiger partial charge in [0, 0.05) is 26.9 Å². The smallest absolute Gasteiger partial charge is 0.290 e. The topological polar surface area (TPSA) is 42.0 Å². The van der Waals surface area contributed by atoms with E-state index in [4.69, 9.17) is 0 Å². The van der Waals surface area contributed by atoms with Gasteiger partial charge in [0.15, 0.2) is 0 Å². The molecule has 1 aromatic heterocycles. The molecule has 184 valence electrons. The molecule has 1 aliphatic carbocycles. The molecule has 7 heteroatoms. The number of halogens is 3. The van der Waals surface area contributed by atoms with Crippen molar-refractivity contribution in [1.82, 2.24) is 10.3 Å². The molecule has 0 aliphatic heterocycles. The van der Waals surface area contributed by atoms with E-state index in [1.165, 1.54) is 12.3 Å². The van der Waals surface area contributed by atoms with E-state index in [1.54, 1.807) is 61.5 Å². The molecule has 36 heavy (non-hydrogen) atoms. The van der Waals surface area contributed by atoms with Crippen LogP contribution >= 0.6 is 11.8 Å². The van der Waals surface area contributed by atoms with E-state index in [2.05, 4.69) is 10.3 Å². The van der Waals surface area contributed by atoms with Crippen LogP contribution in [-0.4, -0.2) is 17.4 Å². The van der Waals surface area contributed by atoms with Gasteiger partial charge in [0.05, 0.1) is 17.6 Å². The Kier molecular flexibility index (Phi) is 6.51. The molecule has 0 spiro atoms. The van der Waals surface area contributed by atoms with Gasteiger partial charge in [-0.2, -0.15) is 8.78 Å². The number of hydrogen-bond acceptors (Lipinski definition) is 3. The van der Waals surface area contributed by atoms with Gasteiger partial charge in [-0.15, -0.1) is 0 Å². The van der Waals surface area contributed by atoms with Crippen molar-refractivity contribution in [2.45, 2.75) is 48.3 Å². The number of para-hydroxylation sites is 1. The number of aromatic nitrogens is 1. The minimum atomic E-state index is -3.26.